The second-order valence-corrected chi connectivity index (χ2v) is 13.4. The molecule has 1 atom stereocenters. The number of nitrogens with one attached hydrogen (secondary N) is 4. The lowest BCUT2D eigenvalue weighted by Gasteiger charge is -2.24. The number of piperidine rings is 1. The Kier molecular flexibility index (Phi) is 11.2. The first-order valence-corrected chi connectivity index (χ1v) is 17.1. The largest absolute Gasteiger partial charge is 0.454 e. The first-order valence-electron chi connectivity index (χ1n) is 14.9. The average molecular weight is 682 g/mol. The van der Waals surface area contributed by atoms with Crippen molar-refractivity contribution in [2.75, 3.05) is 30.9 Å². The van der Waals surface area contributed by atoms with Crippen LogP contribution in [0.3, 0.4) is 0 Å². The Morgan fingerprint density at radius 3 is 2.26 bits per heavy atom. The summed E-state index contributed by atoms with van der Waals surface area (Å²) in [5.74, 6) is -0.201. The van der Waals surface area contributed by atoms with E-state index in [4.69, 9.17) is 27.9 Å². The van der Waals surface area contributed by atoms with Crippen LogP contribution in [0.5, 0.6) is 11.5 Å². The molecule has 2 amide bonds. The predicted molar refractivity (Wildman–Crippen MR) is 180 cm³/mol. The highest BCUT2D eigenvalue weighted by molar-refractivity contribution is 7.92. The number of amides is 2. The van der Waals surface area contributed by atoms with Gasteiger partial charge in [-0.3, -0.25) is 14.3 Å². The molecule has 9 nitrogen and oxygen atoms in total. The predicted octanol–water partition coefficient (Wildman–Crippen LogP) is 6.22. The van der Waals surface area contributed by atoms with Crippen molar-refractivity contribution in [3.05, 3.63) is 118 Å². The minimum absolute atomic E-state index is 0.0529. The fourth-order valence-corrected chi connectivity index (χ4v) is 6.62. The van der Waals surface area contributed by atoms with Crippen LogP contribution < -0.4 is 25.4 Å². The van der Waals surface area contributed by atoms with E-state index in [9.17, 15) is 18.0 Å². The average Bonchev–Trinajstić information content (AvgIpc) is 3.07. The molecule has 0 radical (unpaired) electrons. The molecule has 1 unspecified atom stereocenters. The van der Waals surface area contributed by atoms with Crippen molar-refractivity contribution >= 4 is 50.7 Å². The molecule has 12 heteroatoms. The zero-order valence-corrected chi connectivity index (χ0v) is 27.2. The molecule has 46 heavy (non-hydrogen) atoms. The summed E-state index contributed by atoms with van der Waals surface area (Å²) >= 11 is 12.2. The lowest BCUT2D eigenvalue weighted by molar-refractivity contribution is -0.122. The topological polar surface area (TPSA) is 126 Å². The van der Waals surface area contributed by atoms with Crippen molar-refractivity contribution in [2.24, 2.45) is 5.92 Å². The van der Waals surface area contributed by atoms with E-state index in [1.54, 1.807) is 36.4 Å². The van der Waals surface area contributed by atoms with Crippen LogP contribution >= 0.6 is 23.2 Å². The Bertz CT molecular complexity index is 1770. The third-order valence-corrected chi connectivity index (χ3v) is 9.59. The molecule has 0 saturated carbocycles. The number of anilines is 1. The standard InChI is InChI=1S/C34H34Cl2N4O5S/c35-26-12-15-31(29(36)20-26)45-32-9-5-4-8-30(32)40-46(43,44)27-13-10-25(11-14-27)33(41)39-22-28(24-6-2-1-3-7-24)34(42)38-21-23-16-18-37-19-17-23/h1-15,20,23,28,37,40H,16-19,21-22H2,(H,38,42)(H,39,41). The van der Waals surface area contributed by atoms with Gasteiger partial charge in [-0.15, -0.1) is 0 Å². The van der Waals surface area contributed by atoms with Gasteiger partial charge in [0, 0.05) is 23.7 Å². The highest BCUT2D eigenvalue weighted by Gasteiger charge is 2.24. The van der Waals surface area contributed by atoms with Gasteiger partial charge in [-0.05, 0) is 92.0 Å². The number of hydrogen-bond acceptors (Lipinski definition) is 6. The van der Waals surface area contributed by atoms with Gasteiger partial charge in [0.2, 0.25) is 5.91 Å². The van der Waals surface area contributed by atoms with Crippen molar-refractivity contribution < 1.29 is 22.7 Å². The van der Waals surface area contributed by atoms with Gasteiger partial charge in [-0.2, -0.15) is 0 Å². The van der Waals surface area contributed by atoms with Crippen LogP contribution in [-0.4, -0.2) is 46.4 Å². The molecule has 0 aliphatic carbocycles. The molecule has 0 bridgehead atoms. The number of hydrogen-bond donors (Lipinski definition) is 4. The van der Waals surface area contributed by atoms with Gasteiger partial charge in [0.15, 0.2) is 5.75 Å². The van der Waals surface area contributed by atoms with Crippen LogP contribution in [0, 0.1) is 5.92 Å². The molecule has 1 fully saturated rings. The van der Waals surface area contributed by atoms with Crippen molar-refractivity contribution in [2.45, 2.75) is 23.7 Å². The summed E-state index contributed by atoms with van der Waals surface area (Å²) < 4.78 is 34.9. The molecule has 4 N–H and O–H groups in total. The van der Waals surface area contributed by atoms with Crippen LogP contribution in [0.15, 0.2) is 102 Å². The molecule has 1 saturated heterocycles. The van der Waals surface area contributed by atoms with E-state index in [-0.39, 0.29) is 39.4 Å². The lowest BCUT2D eigenvalue weighted by Crippen LogP contribution is -2.41. The summed E-state index contributed by atoms with van der Waals surface area (Å²) in [6.07, 6.45) is 2.01. The molecule has 4 aromatic carbocycles. The van der Waals surface area contributed by atoms with Gasteiger partial charge in [-0.1, -0.05) is 65.7 Å². The first kappa shape index (κ1) is 33.3. The number of ether oxygens (including phenoxy) is 1. The number of halogens is 2. The first-order chi connectivity index (χ1) is 22.2. The molecule has 1 heterocycles. The molecular weight excluding hydrogens is 647 g/mol. The fraction of sp³-hybridized carbons (Fsp3) is 0.235. The maximum atomic E-state index is 13.3. The molecule has 4 aromatic rings. The zero-order chi connectivity index (χ0) is 32.5. The third kappa shape index (κ3) is 8.79. The monoisotopic (exact) mass is 680 g/mol. The Balaban J connectivity index is 1.23. The fourth-order valence-electron chi connectivity index (χ4n) is 5.10. The van der Waals surface area contributed by atoms with Gasteiger partial charge < -0.3 is 20.7 Å². The number of para-hydroxylation sites is 2. The van der Waals surface area contributed by atoms with E-state index in [1.165, 1.54) is 30.3 Å². The molecule has 1 aliphatic rings. The van der Waals surface area contributed by atoms with E-state index in [1.807, 2.05) is 30.3 Å². The normalized spacial score (nSPS) is 14.2. The van der Waals surface area contributed by atoms with Crippen LogP contribution in [-0.2, 0) is 14.8 Å². The molecule has 0 spiro atoms. The van der Waals surface area contributed by atoms with E-state index >= 15 is 0 Å². The summed E-state index contributed by atoms with van der Waals surface area (Å²) in [6.45, 7) is 2.55. The smallest absolute Gasteiger partial charge is 0.262 e. The molecule has 240 valence electrons. The van der Waals surface area contributed by atoms with Crippen molar-refractivity contribution in [1.82, 2.24) is 16.0 Å². The van der Waals surface area contributed by atoms with E-state index in [0.29, 0.717) is 23.2 Å². The van der Waals surface area contributed by atoms with Gasteiger partial charge in [0.05, 0.1) is 21.5 Å². The SMILES string of the molecule is O=C(NCC(C(=O)NCC1CCNCC1)c1ccccc1)c1ccc(S(=O)(=O)Nc2ccccc2Oc2ccc(Cl)cc2Cl)cc1. The summed E-state index contributed by atoms with van der Waals surface area (Å²) in [5, 5.41) is 9.94. The van der Waals surface area contributed by atoms with Gasteiger partial charge in [0.25, 0.3) is 15.9 Å². The maximum Gasteiger partial charge on any atom is 0.262 e. The maximum absolute atomic E-state index is 13.3. The molecule has 0 aromatic heterocycles. The highest BCUT2D eigenvalue weighted by Crippen LogP contribution is 2.35. The quantitative estimate of drug-likeness (QED) is 0.141. The number of sulfonamides is 1. The number of carbonyl (C=O) groups is 2. The van der Waals surface area contributed by atoms with Gasteiger partial charge >= 0.3 is 0 Å². The van der Waals surface area contributed by atoms with Crippen LogP contribution in [0.25, 0.3) is 0 Å². The summed E-state index contributed by atoms with van der Waals surface area (Å²) in [4.78, 5) is 26.2. The van der Waals surface area contributed by atoms with E-state index in [2.05, 4.69) is 20.7 Å². The van der Waals surface area contributed by atoms with E-state index in [0.717, 1.165) is 31.5 Å². The second-order valence-electron chi connectivity index (χ2n) is 10.9. The minimum atomic E-state index is -4.05. The number of benzene rings is 4. The highest BCUT2D eigenvalue weighted by atomic mass is 35.5. The second kappa shape index (κ2) is 15.5. The van der Waals surface area contributed by atoms with Gasteiger partial charge in [0.1, 0.15) is 5.75 Å². The molecular formula is C34H34Cl2N4O5S. The summed E-state index contributed by atoms with van der Waals surface area (Å²) in [6, 6.07) is 26.1. The summed E-state index contributed by atoms with van der Waals surface area (Å²) in [5.41, 5.74) is 1.24. The van der Waals surface area contributed by atoms with Crippen molar-refractivity contribution in [3.8, 4) is 11.5 Å². The Hall–Kier alpha value is -4.09. The van der Waals surface area contributed by atoms with Crippen molar-refractivity contribution in [1.29, 1.82) is 0 Å². The lowest BCUT2D eigenvalue weighted by atomic mass is 9.95. The van der Waals surface area contributed by atoms with Crippen LogP contribution in [0.1, 0.15) is 34.7 Å². The van der Waals surface area contributed by atoms with Gasteiger partial charge in [-0.25, -0.2) is 8.42 Å². The number of carbonyl (C=O) groups excluding carboxylic acids is 2. The zero-order valence-electron chi connectivity index (χ0n) is 24.8. The summed E-state index contributed by atoms with van der Waals surface area (Å²) in [7, 11) is -4.05. The molecule has 5 rings (SSSR count). The third-order valence-electron chi connectivity index (χ3n) is 7.68. The Morgan fingerprint density at radius 1 is 0.848 bits per heavy atom. The van der Waals surface area contributed by atoms with Crippen LogP contribution in [0.2, 0.25) is 10.0 Å². The minimum Gasteiger partial charge on any atom is -0.454 e. The molecule has 1 aliphatic heterocycles. The van der Waals surface area contributed by atoms with Crippen molar-refractivity contribution in [3.63, 3.8) is 0 Å². The van der Waals surface area contributed by atoms with Crippen LogP contribution in [0.4, 0.5) is 5.69 Å². The van der Waals surface area contributed by atoms with E-state index < -0.39 is 21.8 Å². The Morgan fingerprint density at radius 2 is 1.54 bits per heavy atom. The Labute approximate surface area is 278 Å². The number of rotatable bonds is 12.